The molecular weight excluding hydrogens is 659 g/mol. The molecule has 3 unspecified atom stereocenters. The van der Waals surface area contributed by atoms with Gasteiger partial charge in [-0.2, -0.15) is 0 Å². The molecule has 0 fully saturated rings. The van der Waals surface area contributed by atoms with Crippen LogP contribution in [-0.2, 0) is 18.4 Å². The van der Waals surface area contributed by atoms with Crippen LogP contribution in [0.1, 0.15) is 187 Å². The van der Waals surface area contributed by atoms with Crippen LogP contribution in [0.25, 0.3) is 0 Å². The molecular formula is C42H83N2O6P. The molecule has 0 spiro atoms. The highest BCUT2D eigenvalue weighted by Gasteiger charge is 2.23. The minimum absolute atomic E-state index is 0.00607. The number of hydrogen-bond acceptors (Lipinski definition) is 6. The van der Waals surface area contributed by atoms with Gasteiger partial charge in [0.15, 0.2) is 0 Å². The first kappa shape index (κ1) is 50.0. The van der Waals surface area contributed by atoms with Crippen molar-refractivity contribution < 1.29 is 32.9 Å². The van der Waals surface area contributed by atoms with Crippen LogP contribution in [0, 0.1) is 0 Å². The standard InChI is InChI=1S/C42H83N2O6P/c1-6-8-10-11-12-13-14-15-16-17-18-19-20-21-22-23-24-25-26-27-28-29-30-31-32-34-35-41(45)40(43-42(46)36-33-9-7-2)39-50-51(47,48)49-38-37-44(3,4)5/h29-30,34-35,40-41,45H,6-28,31-33,36-39H2,1-5H3,(H-,43,46,47,48)/b30-29+,35-34+. The Balaban J connectivity index is 4.01. The number of aliphatic hydroxyl groups is 1. The maximum Gasteiger partial charge on any atom is 0.268 e. The number of carbonyl (C=O) groups is 1. The normalized spacial score (nSPS) is 14.7. The highest BCUT2D eigenvalue weighted by Crippen LogP contribution is 2.38. The molecule has 0 aromatic rings. The summed E-state index contributed by atoms with van der Waals surface area (Å²) in [7, 11) is 1.24. The number of allylic oxidation sites excluding steroid dienone is 3. The zero-order valence-corrected chi connectivity index (χ0v) is 35.0. The number of phosphoric acid groups is 1. The van der Waals surface area contributed by atoms with Crippen molar-refractivity contribution >= 4 is 13.7 Å². The summed E-state index contributed by atoms with van der Waals surface area (Å²) in [6.07, 6.45) is 40.5. The van der Waals surface area contributed by atoms with Gasteiger partial charge in [0.1, 0.15) is 13.2 Å². The Bertz CT molecular complexity index is 891. The number of aliphatic hydroxyl groups excluding tert-OH is 1. The lowest BCUT2D eigenvalue weighted by Crippen LogP contribution is -2.45. The van der Waals surface area contributed by atoms with Crippen molar-refractivity contribution in [3.05, 3.63) is 24.3 Å². The number of nitrogens with zero attached hydrogens (tertiary/aromatic N) is 1. The van der Waals surface area contributed by atoms with Crippen LogP contribution in [-0.4, -0.2) is 68.5 Å². The Hall–Kier alpha value is -1.02. The summed E-state index contributed by atoms with van der Waals surface area (Å²) >= 11 is 0. The molecule has 1 amide bonds. The van der Waals surface area contributed by atoms with Gasteiger partial charge in [-0.05, 0) is 32.1 Å². The molecule has 9 heteroatoms. The van der Waals surface area contributed by atoms with Gasteiger partial charge in [0.2, 0.25) is 5.91 Å². The van der Waals surface area contributed by atoms with E-state index in [1.807, 2.05) is 27.2 Å². The molecule has 3 atom stereocenters. The lowest BCUT2D eigenvalue weighted by atomic mass is 10.0. The van der Waals surface area contributed by atoms with Gasteiger partial charge in [0, 0.05) is 6.42 Å². The molecule has 0 saturated heterocycles. The van der Waals surface area contributed by atoms with Crippen LogP contribution in [0.15, 0.2) is 24.3 Å². The van der Waals surface area contributed by atoms with Gasteiger partial charge in [-0.3, -0.25) is 9.36 Å². The van der Waals surface area contributed by atoms with Crippen LogP contribution >= 0.6 is 7.82 Å². The number of hydrogen-bond donors (Lipinski definition) is 2. The van der Waals surface area contributed by atoms with Crippen molar-refractivity contribution in [2.75, 3.05) is 40.9 Å². The average molecular weight is 743 g/mol. The number of phosphoric ester groups is 1. The quantitative estimate of drug-likeness (QED) is 0.0282. The lowest BCUT2D eigenvalue weighted by molar-refractivity contribution is -0.870. The van der Waals surface area contributed by atoms with Crippen molar-refractivity contribution in [3.63, 3.8) is 0 Å². The third kappa shape index (κ3) is 37.1. The Morgan fingerprint density at radius 1 is 0.667 bits per heavy atom. The maximum absolute atomic E-state index is 12.4. The van der Waals surface area contributed by atoms with E-state index in [4.69, 9.17) is 9.05 Å². The number of rotatable bonds is 38. The van der Waals surface area contributed by atoms with E-state index >= 15 is 0 Å². The molecule has 0 bridgehead atoms. The Morgan fingerprint density at radius 2 is 1.10 bits per heavy atom. The van der Waals surface area contributed by atoms with Crippen LogP contribution in [0.3, 0.4) is 0 Å². The monoisotopic (exact) mass is 743 g/mol. The summed E-state index contributed by atoms with van der Waals surface area (Å²) in [5.74, 6) is -0.232. The molecule has 0 aromatic heterocycles. The van der Waals surface area contributed by atoms with E-state index < -0.39 is 26.6 Å². The topological polar surface area (TPSA) is 108 Å². The van der Waals surface area contributed by atoms with Crippen molar-refractivity contribution in [1.82, 2.24) is 5.32 Å². The Morgan fingerprint density at radius 3 is 1.59 bits per heavy atom. The van der Waals surface area contributed by atoms with Gasteiger partial charge < -0.3 is 28.8 Å². The third-order valence-electron chi connectivity index (χ3n) is 9.41. The fourth-order valence-electron chi connectivity index (χ4n) is 5.99. The molecule has 2 N–H and O–H groups in total. The largest absolute Gasteiger partial charge is 0.756 e. The number of quaternary nitrogens is 1. The fraction of sp³-hybridized carbons (Fsp3) is 0.881. The molecule has 0 aliphatic rings. The molecule has 0 saturated carbocycles. The number of likely N-dealkylation sites (N-methyl/N-ethyl adjacent to an activating group) is 1. The second-order valence-electron chi connectivity index (χ2n) is 15.7. The van der Waals surface area contributed by atoms with Gasteiger partial charge in [-0.15, -0.1) is 0 Å². The SMILES string of the molecule is CCCCCCCCCCCCCCCCCCCCCC/C=C/CC/C=C/C(O)C(COP(=O)([O-])OCC[N+](C)(C)C)NC(=O)CCCCC. The number of carbonyl (C=O) groups excluding carboxylic acids is 1. The first-order valence-corrected chi connectivity index (χ1v) is 22.7. The van der Waals surface area contributed by atoms with Crippen LogP contribution in [0.2, 0.25) is 0 Å². The van der Waals surface area contributed by atoms with Crippen molar-refractivity contribution in [2.24, 2.45) is 0 Å². The van der Waals surface area contributed by atoms with Gasteiger partial charge in [-0.25, -0.2) is 0 Å². The second-order valence-corrected chi connectivity index (χ2v) is 17.1. The fourth-order valence-corrected chi connectivity index (χ4v) is 6.71. The van der Waals surface area contributed by atoms with Crippen molar-refractivity contribution in [3.8, 4) is 0 Å². The Kier molecular flexibility index (Phi) is 34.0. The molecule has 0 radical (unpaired) electrons. The smallest absolute Gasteiger partial charge is 0.268 e. The van der Waals surface area contributed by atoms with E-state index in [9.17, 15) is 19.4 Å². The summed E-state index contributed by atoms with van der Waals surface area (Å²) in [6, 6.07) is -0.894. The van der Waals surface area contributed by atoms with Gasteiger partial charge >= 0.3 is 0 Å². The maximum atomic E-state index is 12.4. The molecule has 0 heterocycles. The first-order valence-electron chi connectivity index (χ1n) is 21.2. The van der Waals surface area contributed by atoms with Gasteiger partial charge in [-0.1, -0.05) is 173 Å². The average Bonchev–Trinajstić information content (AvgIpc) is 3.07. The minimum atomic E-state index is -4.57. The summed E-state index contributed by atoms with van der Waals surface area (Å²) in [6.45, 7) is 4.44. The van der Waals surface area contributed by atoms with E-state index in [2.05, 4.69) is 31.3 Å². The molecule has 302 valence electrons. The molecule has 0 aromatic carbocycles. The van der Waals surface area contributed by atoms with Crippen molar-refractivity contribution in [1.29, 1.82) is 0 Å². The first-order chi connectivity index (χ1) is 24.5. The lowest BCUT2D eigenvalue weighted by Gasteiger charge is -2.29. The zero-order chi connectivity index (χ0) is 37.9. The van der Waals surface area contributed by atoms with E-state index in [0.717, 1.165) is 38.5 Å². The van der Waals surface area contributed by atoms with Gasteiger partial charge in [0.05, 0.1) is 39.9 Å². The summed E-state index contributed by atoms with van der Waals surface area (Å²) in [5, 5.41) is 13.5. The summed E-state index contributed by atoms with van der Waals surface area (Å²) in [5.41, 5.74) is 0. The minimum Gasteiger partial charge on any atom is -0.756 e. The van der Waals surface area contributed by atoms with E-state index in [-0.39, 0.29) is 12.5 Å². The molecule has 8 nitrogen and oxygen atoms in total. The Labute approximate surface area is 315 Å². The van der Waals surface area contributed by atoms with E-state index in [1.165, 1.54) is 128 Å². The predicted molar refractivity (Wildman–Crippen MR) is 215 cm³/mol. The third-order valence-corrected chi connectivity index (χ3v) is 10.4. The molecule has 0 aliphatic carbocycles. The number of unbranched alkanes of at least 4 members (excludes halogenated alkanes) is 23. The van der Waals surface area contributed by atoms with Crippen LogP contribution < -0.4 is 10.2 Å². The predicted octanol–water partition coefficient (Wildman–Crippen LogP) is 10.7. The van der Waals surface area contributed by atoms with Crippen molar-refractivity contribution in [2.45, 2.75) is 199 Å². The van der Waals surface area contributed by atoms with Crippen LogP contribution in [0.4, 0.5) is 0 Å². The number of amides is 1. The molecule has 0 aliphatic heterocycles. The number of nitrogens with one attached hydrogen (secondary N) is 1. The van der Waals surface area contributed by atoms with E-state index in [1.54, 1.807) is 6.08 Å². The summed E-state index contributed by atoms with van der Waals surface area (Å²) in [4.78, 5) is 24.7. The zero-order valence-electron chi connectivity index (χ0n) is 34.1. The van der Waals surface area contributed by atoms with E-state index in [0.29, 0.717) is 17.4 Å². The molecule has 0 rings (SSSR count). The molecule has 51 heavy (non-hydrogen) atoms. The summed E-state index contributed by atoms with van der Waals surface area (Å²) < 4.78 is 22.9. The highest BCUT2D eigenvalue weighted by molar-refractivity contribution is 7.45. The van der Waals surface area contributed by atoms with Gasteiger partial charge in [0.25, 0.3) is 7.82 Å². The highest BCUT2D eigenvalue weighted by atomic mass is 31.2. The van der Waals surface area contributed by atoms with Crippen LogP contribution in [0.5, 0.6) is 0 Å². The second kappa shape index (κ2) is 34.7.